The predicted molar refractivity (Wildman–Crippen MR) is 79.9 cm³/mol. The van der Waals surface area contributed by atoms with E-state index in [1.807, 2.05) is 0 Å². The summed E-state index contributed by atoms with van der Waals surface area (Å²) in [4.78, 5) is 47.2. The lowest BCUT2D eigenvalue weighted by atomic mass is 10.1. The molecule has 0 aromatic carbocycles. The van der Waals surface area contributed by atoms with E-state index < -0.39 is 41.8 Å². The number of aliphatic carboxylic acids is 1. The highest BCUT2D eigenvalue weighted by atomic mass is 32.1. The van der Waals surface area contributed by atoms with Crippen molar-refractivity contribution in [3.8, 4) is 0 Å². The Balaban J connectivity index is 2.70. The van der Waals surface area contributed by atoms with Gasteiger partial charge in [-0.3, -0.25) is 14.4 Å². The number of nitrogens with zero attached hydrogens (tertiary/aromatic N) is 1. The number of hydrogen-bond acceptors (Lipinski definition) is 6. The van der Waals surface area contributed by atoms with Gasteiger partial charge in [-0.1, -0.05) is 0 Å². The maximum Gasteiger partial charge on any atom is 0.326 e. The topological polar surface area (TPSA) is 156 Å². The Morgan fingerprint density at radius 3 is 2.50 bits per heavy atom. The molecule has 1 aliphatic rings. The summed E-state index contributed by atoms with van der Waals surface area (Å²) in [5.74, 6) is -3.07. The number of amides is 3. The summed E-state index contributed by atoms with van der Waals surface area (Å²) in [6.45, 7) is 0.309. The molecule has 0 spiro atoms. The highest BCUT2D eigenvalue weighted by Gasteiger charge is 2.37. The molecule has 1 rings (SSSR count). The van der Waals surface area contributed by atoms with Crippen LogP contribution in [0.2, 0.25) is 0 Å². The van der Waals surface area contributed by atoms with Crippen molar-refractivity contribution in [2.24, 2.45) is 11.5 Å². The van der Waals surface area contributed by atoms with Gasteiger partial charge >= 0.3 is 5.97 Å². The lowest BCUT2D eigenvalue weighted by molar-refractivity contribution is -0.149. The third-order valence-electron chi connectivity index (χ3n) is 3.38. The van der Waals surface area contributed by atoms with Crippen molar-refractivity contribution in [2.75, 3.05) is 12.3 Å². The molecule has 3 unspecified atom stereocenters. The van der Waals surface area contributed by atoms with Crippen molar-refractivity contribution in [3.63, 3.8) is 0 Å². The number of primary amides is 1. The molecule has 3 amide bonds. The van der Waals surface area contributed by atoms with E-state index in [0.717, 1.165) is 0 Å². The van der Waals surface area contributed by atoms with Crippen LogP contribution >= 0.6 is 12.6 Å². The number of carbonyl (C=O) groups excluding carboxylic acids is 3. The molecule has 1 fully saturated rings. The molecular weight excluding hydrogens is 312 g/mol. The molecule has 0 bridgehead atoms. The summed E-state index contributed by atoms with van der Waals surface area (Å²) in [7, 11) is 0. The SMILES string of the molecule is NC(=O)CC(N)C(=O)NC(CS)C(=O)N1CCCC1C(=O)O. The molecular formula is C12H20N4O5S. The van der Waals surface area contributed by atoms with Crippen molar-refractivity contribution in [3.05, 3.63) is 0 Å². The van der Waals surface area contributed by atoms with Crippen LogP contribution in [0.4, 0.5) is 0 Å². The fourth-order valence-corrected chi connectivity index (χ4v) is 2.51. The summed E-state index contributed by atoms with van der Waals surface area (Å²) in [5.41, 5.74) is 10.4. The first-order valence-electron chi connectivity index (χ1n) is 6.76. The van der Waals surface area contributed by atoms with Crippen LogP contribution < -0.4 is 16.8 Å². The zero-order valence-corrected chi connectivity index (χ0v) is 12.8. The van der Waals surface area contributed by atoms with Crippen LogP contribution in [-0.2, 0) is 19.2 Å². The minimum absolute atomic E-state index is 0.0172. The normalized spacial score (nSPS) is 20.3. The summed E-state index contributed by atoms with van der Waals surface area (Å²) >= 11 is 4.00. The molecule has 1 aliphatic heterocycles. The van der Waals surface area contributed by atoms with Crippen molar-refractivity contribution >= 4 is 36.3 Å². The minimum Gasteiger partial charge on any atom is -0.480 e. The second-order valence-corrected chi connectivity index (χ2v) is 5.41. The molecule has 10 heteroatoms. The molecule has 1 saturated heterocycles. The van der Waals surface area contributed by atoms with Crippen LogP contribution in [-0.4, -0.2) is 64.1 Å². The molecule has 0 aromatic heterocycles. The number of thiol groups is 1. The third kappa shape index (κ3) is 4.60. The van der Waals surface area contributed by atoms with Gasteiger partial charge in [-0.25, -0.2) is 4.79 Å². The number of hydrogen-bond donors (Lipinski definition) is 5. The van der Waals surface area contributed by atoms with E-state index in [4.69, 9.17) is 16.6 Å². The summed E-state index contributed by atoms with van der Waals surface area (Å²) in [6, 6.07) is -3.07. The van der Waals surface area contributed by atoms with Crippen LogP contribution in [0.3, 0.4) is 0 Å². The number of carbonyl (C=O) groups is 4. The van der Waals surface area contributed by atoms with Gasteiger partial charge in [0.25, 0.3) is 0 Å². The zero-order chi connectivity index (χ0) is 16.9. The van der Waals surface area contributed by atoms with E-state index in [1.165, 1.54) is 4.90 Å². The molecule has 0 saturated carbocycles. The Bertz CT molecular complexity index is 472. The first kappa shape index (κ1) is 18.2. The number of nitrogens with two attached hydrogens (primary N) is 2. The van der Waals surface area contributed by atoms with Gasteiger partial charge in [-0.2, -0.15) is 12.6 Å². The van der Waals surface area contributed by atoms with Crippen molar-refractivity contribution in [2.45, 2.75) is 37.4 Å². The number of rotatable bonds is 7. The second kappa shape index (κ2) is 7.99. The first-order valence-corrected chi connectivity index (χ1v) is 7.39. The first-order chi connectivity index (χ1) is 10.3. The van der Waals surface area contributed by atoms with E-state index in [0.29, 0.717) is 19.4 Å². The van der Waals surface area contributed by atoms with Crippen molar-refractivity contribution < 1.29 is 24.3 Å². The van der Waals surface area contributed by atoms with Gasteiger partial charge in [0.2, 0.25) is 17.7 Å². The molecule has 3 atom stereocenters. The van der Waals surface area contributed by atoms with Gasteiger partial charge in [-0.15, -0.1) is 0 Å². The summed E-state index contributed by atoms with van der Waals surface area (Å²) < 4.78 is 0. The highest BCUT2D eigenvalue weighted by molar-refractivity contribution is 7.80. The quantitative estimate of drug-likeness (QED) is 0.329. The van der Waals surface area contributed by atoms with Crippen LogP contribution in [0.25, 0.3) is 0 Å². The standard InChI is InChI=1S/C12H20N4O5S/c13-6(4-9(14)17)10(18)15-7(5-22)11(19)16-3-1-2-8(16)12(20)21/h6-8,22H,1-5,13H2,(H2,14,17)(H,15,18)(H,20,21). The van der Waals surface area contributed by atoms with E-state index in [2.05, 4.69) is 17.9 Å². The molecule has 0 aliphatic carbocycles. The monoisotopic (exact) mass is 332 g/mol. The number of nitrogens with one attached hydrogen (secondary N) is 1. The van der Waals surface area contributed by atoms with Crippen LogP contribution in [0.15, 0.2) is 0 Å². The van der Waals surface area contributed by atoms with Crippen molar-refractivity contribution in [1.82, 2.24) is 10.2 Å². The zero-order valence-electron chi connectivity index (χ0n) is 11.9. The molecule has 6 N–H and O–H groups in total. The molecule has 0 radical (unpaired) electrons. The Morgan fingerprint density at radius 1 is 1.36 bits per heavy atom. The predicted octanol–water partition coefficient (Wildman–Crippen LogP) is -2.32. The largest absolute Gasteiger partial charge is 0.480 e. The average Bonchev–Trinajstić information content (AvgIpc) is 2.92. The third-order valence-corrected chi connectivity index (χ3v) is 3.74. The fraction of sp³-hybridized carbons (Fsp3) is 0.667. The summed E-state index contributed by atoms with van der Waals surface area (Å²) in [6.07, 6.45) is 0.605. The number of carboxylic acid groups (broad SMARTS) is 1. The van der Waals surface area contributed by atoms with E-state index in [1.54, 1.807) is 0 Å². The van der Waals surface area contributed by atoms with Crippen LogP contribution in [0.5, 0.6) is 0 Å². The second-order valence-electron chi connectivity index (χ2n) is 5.05. The average molecular weight is 332 g/mol. The molecule has 9 nitrogen and oxygen atoms in total. The lowest BCUT2D eigenvalue weighted by Gasteiger charge is -2.27. The van der Waals surface area contributed by atoms with Gasteiger partial charge in [-0.05, 0) is 12.8 Å². The number of carboxylic acids is 1. The molecule has 22 heavy (non-hydrogen) atoms. The Labute approximate surface area is 132 Å². The van der Waals surface area contributed by atoms with E-state index in [9.17, 15) is 19.2 Å². The molecule has 1 heterocycles. The Hall–Kier alpha value is -1.81. The number of likely N-dealkylation sites (tertiary alicyclic amines) is 1. The van der Waals surface area contributed by atoms with Crippen molar-refractivity contribution in [1.29, 1.82) is 0 Å². The van der Waals surface area contributed by atoms with Gasteiger partial charge in [0, 0.05) is 12.3 Å². The van der Waals surface area contributed by atoms with Gasteiger partial charge in [0.05, 0.1) is 12.5 Å². The highest BCUT2D eigenvalue weighted by Crippen LogP contribution is 2.18. The van der Waals surface area contributed by atoms with Crippen LogP contribution in [0, 0.1) is 0 Å². The van der Waals surface area contributed by atoms with Gasteiger partial charge < -0.3 is 26.8 Å². The Kier molecular flexibility index (Phi) is 6.62. The van der Waals surface area contributed by atoms with E-state index in [-0.39, 0.29) is 12.2 Å². The lowest BCUT2D eigenvalue weighted by Crippen LogP contribution is -2.55. The van der Waals surface area contributed by atoms with Gasteiger partial charge in [0.1, 0.15) is 12.1 Å². The molecule has 0 aromatic rings. The smallest absolute Gasteiger partial charge is 0.326 e. The van der Waals surface area contributed by atoms with Crippen LogP contribution in [0.1, 0.15) is 19.3 Å². The Morgan fingerprint density at radius 2 is 2.00 bits per heavy atom. The fourth-order valence-electron chi connectivity index (χ4n) is 2.26. The maximum atomic E-state index is 12.3. The minimum atomic E-state index is -1.17. The van der Waals surface area contributed by atoms with E-state index >= 15 is 0 Å². The summed E-state index contributed by atoms with van der Waals surface area (Å²) in [5, 5.41) is 11.5. The maximum absolute atomic E-state index is 12.3. The molecule has 124 valence electrons. The van der Waals surface area contributed by atoms with Gasteiger partial charge in [0.15, 0.2) is 0 Å².